The highest BCUT2D eigenvalue weighted by Crippen LogP contribution is 2.28. The Balaban J connectivity index is 1.91. The maximum atomic E-state index is 5.97. The largest absolute Gasteiger partial charge is 0.497 e. The third kappa shape index (κ3) is 5.58. The second-order valence-corrected chi connectivity index (χ2v) is 5.59. The lowest BCUT2D eigenvalue weighted by atomic mass is 10.2. The van der Waals surface area contributed by atoms with Crippen LogP contribution >= 0.6 is 23.2 Å². The van der Waals surface area contributed by atoms with E-state index in [0.717, 1.165) is 0 Å². The van der Waals surface area contributed by atoms with Gasteiger partial charge in [-0.1, -0.05) is 23.2 Å². The van der Waals surface area contributed by atoms with Gasteiger partial charge in [-0.2, -0.15) is 0 Å². The topological polar surface area (TPSA) is 91.0 Å². The summed E-state index contributed by atoms with van der Waals surface area (Å²) >= 11 is 11.7. The normalized spacial score (nSPS) is 11.1. The molecule has 0 bridgehead atoms. The summed E-state index contributed by atoms with van der Waals surface area (Å²) in [4.78, 5) is 8.17. The van der Waals surface area contributed by atoms with Crippen molar-refractivity contribution in [3.63, 3.8) is 0 Å². The van der Waals surface area contributed by atoms with E-state index >= 15 is 0 Å². The van der Waals surface area contributed by atoms with Crippen molar-refractivity contribution in [3.8, 4) is 17.4 Å². The van der Waals surface area contributed by atoms with Crippen molar-refractivity contribution in [2.24, 2.45) is 10.7 Å². The third-order valence-corrected chi connectivity index (χ3v) is 3.53. The first kappa shape index (κ1) is 19.0. The van der Waals surface area contributed by atoms with Gasteiger partial charge in [0.05, 0.1) is 31.5 Å². The van der Waals surface area contributed by atoms with Crippen LogP contribution in [-0.2, 0) is 0 Å². The minimum atomic E-state index is 0.213. The Morgan fingerprint density at radius 1 is 1.24 bits per heavy atom. The van der Waals surface area contributed by atoms with Crippen molar-refractivity contribution in [1.29, 1.82) is 0 Å². The Kier molecular flexibility index (Phi) is 6.97. The maximum Gasteiger partial charge on any atom is 0.232 e. The van der Waals surface area contributed by atoms with Crippen LogP contribution in [0.5, 0.6) is 17.4 Å². The SMILES string of the molecule is COc1ccc(OC)c(NC(N)=NCCOc2ncc(Cl)cc2Cl)c1. The van der Waals surface area contributed by atoms with E-state index in [1.54, 1.807) is 38.5 Å². The minimum absolute atomic E-state index is 0.213. The number of nitrogens with zero attached hydrogens (tertiary/aromatic N) is 2. The second-order valence-electron chi connectivity index (χ2n) is 4.75. The average molecular weight is 385 g/mol. The van der Waals surface area contributed by atoms with Crippen LogP contribution in [0.3, 0.4) is 0 Å². The Bertz CT molecular complexity index is 756. The number of anilines is 1. The number of pyridine rings is 1. The maximum absolute atomic E-state index is 5.97. The molecule has 0 saturated heterocycles. The number of hydrogen-bond acceptors (Lipinski definition) is 5. The molecular formula is C16H18Cl2N4O3. The van der Waals surface area contributed by atoms with Crippen LogP contribution in [0.1, 0.15) is 0 Å². The smallest absolute Gasteiger partial charge is 0.232 e. The number of aliphatic imine (C=N–C) groups is 1. The number of benzene rings is 1. The molecule has 3 N–H and O–H groups in total. The molecule has 1 aromatic heterocycles. The summed E-state index contributed by atoms with van der Waals surface area (Å²) in [7, 11) is 3.15. The van der Waals surface area contributed by atoms with Gasteiger partial charge in [0.2, 0.25) is 5.88 Å². The summed E-state index contributed by atoms with van der Waals surface area (Å²) in [6, 6.07) is 6.87. The number of guanidine groups is 1. The van der Waals surface area contributed by atoms with Gasteiger partial charge in [-0.05, 0) is 18.2 Å². The number of nitrogens with one attached hydrogen (secondary N) is 1. The van der Waals surface area contributed by atoms with Crippen molar-refractivity contribution in [2.75, 3.05) is 32.7 Å². The first-order chi connectivity index (χ1) is 12.0. The molecule has 0 fully saturated rings. The van der Waals surface area contributed by atoms with Gasteiger partial charge >= 0.3 is 0 Å². The number of halogens is 2. The number of rotatable bonds is 7. The van der Waals surface area contributed by atoms with Crippen molar-refractivity contribution in [1.82, 2.24) is 4.98 Å². The molecule has 1 heterocycles. The molecule has 0 saturated carbocycles. The fourth-order valence-electron chi connectivity index (χ4n) is 1.91. The molecule has 1 aromatic carbocycles. The van der Waals surface area contributed by atoms with Crippen LogP contribution in [0.15, 0.2) is 35.5 Å². The molecule has 0 spiro atoms. The van der Waals surface area contributed by atoms with E-state index in [1.807, 2.05) is 0 Å². The summed E-state index contributed by atoms with van der Waals surface area (Å²) in [5.74, 6) is 1.79. The molecule has 134 valence electrons. The zero-order chi connectivity index (χ0) is 18.2. The van der Waals surface area contributed by atoms with Crippen LogP contribution in [0, 0.1) is 0 Å². The van der Waals surface area contributed by atoms with Gasteiger partial charge < -0.3 is 25.3 Å². The summed E-state index contributed by atoms with van der Waals surface area (Å²) in [5, 5.41) is 3.74. The fourth-order valence-corrected chi connectivity index (χ4v) is 2.34. The summed E-state index contributed by atoms with van der Waals surface area (Å²) < 4.78 is 15.9. The number of methoxy groups -OCH3 is 2. The molecule has 0 aliphatic rings. The standard InChI is InChI=1S/C16H18Cl2N4O3/c1-23-11-3-4-14(24-2)13(8-11)22-16(19)20-5-6-25-15-12(18)7-10(17)9-21-15/h3-4,7-9H,5-6H2,1-2H3,(H3,19,20,22). The van der Waals surface area contributed by atoms with E-state index in [4.69, 9.17) is 43.1 Å². The fraction of sp³-hybridized carbons (Fsp3) is 0.250. The molecular weight excluding hydrogens is 367 g/mol. The van der Waals surface area contributed by atoms with Gasteiger partial charge in [-0.3, -0.25) is 0 Å². The zero-order valence-corrected chi connectivity index (χ0v) is 15.3. The highest BCUT2D eigenvalue weighted by Gasteiger charge is 2.06. The van der Waals surface area contributed by atoms with Gasteiger partial charge in [0.15, 0.2) is 5.96 Å². The van der Waals surface area contributed by atoms with Gasteiger partial charge in [0.1, 0.15) is 23.1 Å². The van der Waals surface area contributed by atoms with Gasteiger partial charge in [0.25, 0.3) is 0 Å². The number of ether oxygens (including phenoxy) is 3. The molecule has 0 aliphatic carbocycles. The average Bonchev–Trinajstić information content (AvgIpc) is 2.60. The van der Waals surface area contributed by atoms with Crippen molar-refractivity contribution < 1.29 is 14.2 Å². The lowest BCUT2D eigenvalue weighted by Gasteiger charge is -2.12. The molecule has 0 radical (unpaired) electrons. The van der Waals surface area contributed by atoms with Crippen molar-refractivity contribution in [3.05, 3.63) is 40.5 Å². The lowest BCUT2D eigenvalue weighted by Crippen LogP contribution is -2.24. The lowest BCUT2D eigenvalue weighted by molar-refractivity contribution is 0.316. The third-order valence-electron chi connectivity index (χ3n) is 3.06. The van der Waals surface area contributed by atoms with Crippen LogP contribution in [0.2, 0.25) is 10.0 Å². The van der Waals surface area contributed by atoms with Crippen LogP contribution < -0.4 is 25.3 Å². The highest BCUT2D eigenvalue weighted by molar-refractivity contribution is 6.35. The van der Waals surface area contributed by atoms with Crippen molar-refractivity contribution >= 4 is 34.8 Å². The van der Waals surface area contributed by atoms with E-state index in [1.165, 1.54) is 6.20 Å². The molecule has 0 atom stereocenters. The van der Waals surface area contributed by atoms with Crippen molar-refractivity contribution in [2.45, 2.75) is 0 Å². The molecule has 25 heavy (non-hydrogen) atoms. The highest BCUT2D eigenvalue weighted by atomic mass is 35.5. The predicted octanol–water partition coefficient (Wildman–Crippen LogP) is 3.21. The summed E-state index contributed by atoms with van der Waals surface area (Å²) in [6.07, 6.45) is 1.46. The quantitative estimate of drug-likeness (QED) is 0.432. The molecule has 0 aliphatic heterocycles. The minimum Gasteiger partial charge on any atom is -0.497 e. The Hall–Kier alpha value is -2.38. The number of aromatic nitrogens is 1. The van der Waals surface area contributed by atoms with E-state index in [-0.39, 0.29) is 12.6 Å². The Labute approximate surface area is 155 Å². The van der Waals surface area contributed by atoms with E-state index in [9.17, 15) is 0 Å². The van der Waals surface area contributed by atoms with Crippen LogP contribution in [-0.4, -0.2) is 38.3 Å². The Morgan fingerprint density at radius 2 is 2.04 bits per heavy atom. The monoisotopic (exact) mass is 384 g/mol. The van der Waals surface area contributed by atoms with Crippen LogP contribution in [0.4, 0.5) is 5.69 Å². The molecule has 0 unspecified atom stereocenters. The molecule has 2 rings (SSSR count). The van der Waals surface area contributed by atoms with Crippen LogP contribution in [0.25, 0.3) is 0 Å². The summed E-state index contributed by atoms with van der Waals surface area (Å²) in [6.45, 7) is 0.567. The van der Waals surface area contributed by atoms with Gasteiger partial charge in [-0.15, -0.1) is 0 Å². The van der Waals surface area contributed by atoms with Gasteiger partial charge in [-0.25, -0.2) is 9.98 Å². The number of hydrogen-bond donors (Lipinski definition) is 2. The number of nitrogens with two attached hydrogens (primary N) is 1. The molecule has 0 amide bonds. The predicted molar refractivity (Wildman–Crippen MR) is 99.4 cm³/mol. The van der Waals surface area contributed by atoms with Gasteiger partial charge in [0, 0.05) is 12.3 Å². The Morgan fingerprint density at radius 3 is 2.72 bits per heavy atom. The molecule has 7 nitrogen and oxygen atoms in total. The second kappa shape index (κ2) is 9.19. The van der Waals surface area contributed by atoms with E-state index < -0.39 is 0 Å². The van der Waals surface area contributed by atoms with E-state index in [2.05, 4.69) is 15.3 Å². The van der Waals surface area contributed by atoms with E-state index in [0.29, 0.717) is 39.7 Å². The molecule has 9 heteroatoms. The summed E-state index contributed by atoms with van der Waals surface area (Å²) in [5.41, 5.74) is 6.52. The molecule has 2 aromatic rings. The zero-order valence-electron chi connectivity index (χ0n) is 13.8. The first-order valence-electron chi connectivity index (χ1n) is 7.26. The first-order valence-corrected chi connectivity index (χ1v) is 8.02.